The number of amides is 1. The van der Waals surface area contributed by atoms with E-state index in [4.69, 9.17) is 4.74 Å². The van der Waals surface area contributed by atoms with Gasteiger partial charge in [-0.3, -0.25) is 4.79 Å². The molecule has 0 aliphatic heterocycles. The zero-order valence-corrected chi connectivity index (χ0v) is 16.6. The molecule has 0 heterocycles. The van der Waals surface area contributed by atoms with E-state index in [0.29, 0.717) is 19.4 Å². The van der Waals surface area contributed by atoms with Crippen LogP contribution in [0.5, 0.6) is 0 Å². The molecule has 1 unspecified atom stereocenters. The van der Waals surface area contributed by atoms with E-state index in [-0.39, 0.29) is 5.97 Å². The van der Waals surface area contributed by atoms with E-state index < -0.39 is 12.2 Å². The monoisotopic (exact) mass is 391 g/mol. The van der Waals surface area contributed by atoms with E-state index in [1.807, 2.05) is 48.5 Å². The second-order valence-electron chi connectivity index (χ2n) is 6.91. The number of ether oxygens (including phenoxy) is 2. The molecule has 5 heteroatoms. The van der Waals surface area contributed by atoms with Crippen LogP contribution in [-0.2, 0) is 20.7 Å². The van der Waals surface area contributed by atoms with E-state index >= 15 is 0 Å². The van der Waals surface area contributed by atoms with E-state index in [1.54, 1.807) is 0 Å². The average molecular weight is 391 g/mol. The summed E-state index contributed by atoms with van der Waals surface area (Å²) in [4.78, 5) is 23.5. The Labute approximate surface area is 171 Å². The van der Waals surface area contributed by atoms with Gasteiger partial charge in [-0.1, -0.05) is 54.7 Å². The highest BCUT2D eigenvalue weighted by Gasteiger charge is 2.22. The predicted octanol–water partition coefficient (Wildman–Crippen LogP) is 4.14. The zero-order chi connectivity index (χ0) is 20.5. The van der Waals surface area contributed by atoms with Crippen LogP contribution in [0.4, 0.5) is 4.79 Å². The molecule has 0 radical (unpaired) electrons. The molecule has 0 aromatic heterocycles. The third kappa shape index (κ3) is 5.86. The van der Waals surface area contributed by atoms with E-state index in [9.17, 15) is 9.59 Å². The molecule has 5 nitrogen and oxygen atoms in total. The first-order chi connectivity index (χ1) is 14.2. The first-order valence-electron chi connectivity index (χ1n) is 9.87. The molecule has 1 amide bonds. The Bertz CT molecular complexity index is 926. The number of rotatable bonds is 7. The quantitative estimate of drug-likeness (QED) is 0.438. The molecule has 0 saturated heterocycles. The largest absolute Gasteiger partial charge is 0.469 e. The number of carbonyl (C=O) groups excluding carboxylic acids is 2. The summed E-state index contributed by atoms with van der Waals surface area (Å²) in [5, 5.41) is 2.81. The Morgan fingerprint density at radius 3 is 2.55 bits per heavy atom. The van der Waals surface area contributed by atoms with Crippen LogP contribution in [0.2, 0.25) is 0 Å². The third-order valence-corrected chi connectivity index (χ3v) is 4.87. The molecule has 1 aliphatic rings. The molecule has 2 aromatic rings. The highest BCUT2D eigenvalue weighted by Crippen LogP contribution is 2.28. The van der Waals surface area contributed by atoms with Crippen molar-refractivity contribution in [2.24, 2.45) is 0 Å². The Balaban J connectivity index is 1.59. The number of carbonyl (C=O) groups is 2. The molecule has 0 spiro atoms. The number of alkyl carbamates (subject to hydrolysis) is 1. The first-order valence-corrected chi connectivity index (χ1v) is 9.87. The van der Waals surface area contributed by atoms with Gasteiger partial charge in [0.1, 0.15) is 6.10 Å². The minimum atomic E-state index is -0.441. The maximum Gasteiger partial charge on any atom is 0.407 e. The maximum absolute atomic E-state index is 12.4. The molecule has 29 heavy (non-hydrogen) atoms. The predicted molar refractivity (Wildman–Crippen MR) is 110 cm³/mol. The van der Waals surface area contributed by atoms with Crippen LogP contribution in [0.15, 0.2) is 48.5 Å². The molecule has 1 aliphatic carbocycles. The molecule has 0 saturated carbocycles. The number of nitrogens with one attached hydrogen (secondary N) is 1. The van der Waals surface area contributed by atoms with E-state index in [2.05, 4.69) is 21.9 Å². The van der Waals surface area contributed by atoms with Crippen LogP contribution in [0, 0.1) is 11.8 Å². The van der Waals surface area contributed by atoms with Gasteiger partial charge in [-0.2, -0.15) is 0 Å². The number of hydrogen-bond donors (Lipinski definition) is 1. The zero-order valence-electron chi connectivity index (χ0n) is 16.6. The summed E-state index contributed by atoms with van der Waals surface area (Å²) in [5.74, 6) is 6.22. The van der Waals surface area contributed by atoms with Gasteiger partial charge < -0.3 is 14.8 Å². The normalized spacial score (nSPS) is 14.2. The van der Waals surface area contributed by atoms with Gasteiger partial charge in [0.2, 0.25) is 0 Å². The highest BCUT2D eigenvalue weighted by molar-refractivity contribution is 5.69. The van der Waals surface area contributed by atoms with E-state index in [0.717, 1.165) is 41.5 Å². The summed E-state index contributed by atoms with van der Waals surface area (Å²) >= 11 is 0. The first kappa shape index (κ1) is 20.5. The molecule has 2 aromatic carbocycles. The number of esters is 1. The van der Waals surface area contributed by atoms with E-state index in [1.165, 1.54) is 7.11 Å². The smallest absolute Gasteiger partial charge is 0.407 e. The highest BCUT2D eigenvalue weighted by atomic mass is 16.6. The van der Waals surface area contributed by atoms with Crippen LogP contribution in [0.25, 0.3) is 0 Å². The molecule has 0 fully saturated rings. The molecule has 1 N–H and O–H groups in total. The van der Waals surface area contributed by atoms with Gasteiger partial charge in [-0.05, 0) is 30.5 Å². The van der Waals surface area contributed by atoms with Gasteiger partial charge >= 0.3 is 12.1 Å². The van der Waals surface area contributed by atoms with Gasteiger partial charge in [0.25, 0.3) is 0 Å². The molecular weight excluding hydrogens is 366 g/mol. The lowest BCUT2D eigenvalue weighted by molar-refractivity contribution is -0.140. The number of fused-ring (bicyclic) bond motifs is 2. The molecule has 3 rings (SSSR count). The Morgan fingerprint density at radius 1 is 1.00 bits per heavy atom. The molecular formula is C24H25NO4. The fourth-order valence-corrected chi connectivity index (χ4v) is 3.30. The van der Waals surface area contributed by atoms with Gasteiger partial charge in [0.15, 0.2) is 0 Å². The fraction of sp³-hybridized carbons (Fsp3) is 0.333. The average Bonchev–Trinajstić information content (AvgIpc) is 2.73. The standard InChI is InChI=1S/C24H25NO4/c1-28-23(26)13-3-2-8-16-25-24(27)29-22-17-20-11-5-4-9-18(20)14-15-19-10-6-7-12-21(19)22/h4-7,9-12,22H,2-3,8,13,16-17H2,1H3,(H,25,27). The van der Waals surface area contributed by atoms with Crippen molar-refractivity contribution in [2.45, 2.75) is 38.2 Å². The van der Waals surface area contributed by atoms with Gasteiger partial charge in [-0.25, -0.2) is 4.79 Å². The van der Waals surface area contributed by atoms with Crippen molar-refractivity contribution in [3.8, 4) is 11.8 Å². The molecule has 0 bridgehead atoms. The summed E-state index contributed by atoms with van der Waals surface area (Å²) in [6.45, 7) is 0.505. The van der Waals surface area contributed by atoms with Crippen molar-refractivity contribution in [3.63, 3.8) is 0 Å². The molecule has 1 atom stereocenters. The van der Waals surface area contributed by atoms with Crippen molar-refractivity contribution in [1.29, 1.82) is 0 Å². The Kier molecular flexibility index (Phi) is 7.29. The summed E-state index contributed by atoms with van der Waals surface area (Å²) in [7, 11) is 1.39. The summed E-state index contributed by atoms with van der Waals surface area (Å²) < 4.78 is 10.4. The minimum absolute atomic E-state index is 0.205. The lowest BCUT2D eigenvalue weighted by atomic mass is 9.92. The number of benzene rings is 2. The van der Waals surface area contributed by atoms with Crippen LogP contribution < -0.4 is 5.32 Å². The maximum atomic E-state index is 12.4. The fourth-order valence-electron chi connectivity index (χ4n) is 3.30. The second kappa shape index (κ2) is 10.3. The molecule has 150 valence electrons. The third-order valence-electron chi connectivity index (χ3n) is 4.87. The number of unbranched alkanes of at least 4 members (excludes halogenated alkanes) is 2. The summed E-state index contributed by atoms with van der Waals surface area (Å²) in [5.41, 5.74) is 3.82. The number of methoxy groups -OCH3 is 1. The lowest BCUT2D eigenvalue weighted by Crippen LogP contribution is -2.28. The van der Waals surface area contributed by atoms with Crippen LogP contribution >= 0.6 is 0 Å². The van der Waals surface area contributed by atoms with Gasteiger partial charge in [0.05, 0.1) is 7.11 Å². The van der Waals surface area contributed by atoms with Crippen molar-refractivity contribution >= 4 is 12.1 Å². The topological polar surface area (TPSA) is 64.6 Å². The summed E-state index contributed by atoms with van der Waals surface area (Å²) in [6.07, 6.45) is 2.50. The van der Waals surface area contributed by atoms with Crippen molar-refractivity contribution in [2.75, 3.05) is 13.7 Å². The van der Waals surface area contributed by atoms with Crippen molar-refractivity contribution in [3.05, 3.63) is 70.8 Å². The van der Waals surface area contributed by atoms with Crippen LogP contribution in [0.3, 0.4) is 0 Å². The minimum Gasteiger partial charge on any atom is -0.469 e. The second-order valence-corrected chi connectivity index (χ2v) is 6.91. The van der Waals surface area contributed by atoms with Crippen LogP contribution in [-0.4, -0.2) is 25.7 Å². The van der Waals surface area contributed by atoms with Gasteiger partial charge in [-0.15, -0.1) is 0 Å². The van der Waals surface area contributed by atoms with Gasteiger partial charge in [0, 0.05) is 36.1 Å². The summed E-state index contributed by atoms with van der Waals surface area (Å²) in [6, 6.07) is 15.7. The van der Waals surface area contributed by atoms with Crippen molar-refractivity contribution < 1.29 is 19.1 Å². The SMILES string of the molecule is COC(=O)CCCCCNC(=O)OC1Cc2ccccc2C#Cc2ccccc21. The van der Waals surface area contributed by atoms with Crippen LogP contribution in [0.1, 0.15) is 54.0 Å². The Morgan fingerprint density at radius 2 is 1.72 bits per heavy atom. The Hall–Kier alpha value is -3.26. The van der Waals surface area contributed by atoms with Crippen molar-refractivity contribution in [1.82, 2.24) is 5.32 Å². The number of hydrogen-bond acceptors (Lipinski definition) is 4. The lowest BCUT2D eigenvalue weighted by Gasteiger charge is -2.22.